The number of benzene rings is 2. The molecule has 2 rings (SSSR count). The first kappa shape index (κ1) is 18.4. The number of hydrogen-bond donors (Lipinski definition) is 1. The first-order valence-electron chi connectivity index (χ1n) is 7.14. The Bertz CT molecular complexity index is 902. The third-order valence-electron chi connectivity index (χ3n) is 3.19. The van der Waals surface area contributed by atoms with E-state index in [1.54, 1.807) is 37.3 Å². The zero-order chi connectivity index (χ0) is 17.6. The molecule has 4 nitrogen and oxygen atoms in total. The van der Waals surface area contributed by atoms with Crippen molar-refractivity contribution >= 4 is 43.8 Å². The molecule has 0 fully saturated rings. The molecule has 0 spiro atoms. The minimum absolute atomic E-state index is 0.231. The lowest BCUT2D eigenvalue weighted by atomic mass is 10.2. The van der Waals surface area contributed by atoms with Crippen molar-refractivity contribution < 1.29 is 8.42 Å². The molecule has 0 aliphatic carbocycles. The SMILES string of the molecule is CC(=Nc1ccccc1I)C(/C=C\N)=C/S(=O)(=O)c1ccccc1. The normalized spacial score (nSPS) is 13.4. The molecule has 124 valence electrons. The predicted molar refractivity (Wildman–Crippen MR) is 107 cm³/mol. The molecule has 0 unspecified atom stereocenters. The third kappa shape index (κ3) is 4.78. The van der Waals surface area contributed by atoms with Gasteiger partial charge in [-0.15, -0.1) is 0 Å². The van der Waals surface area contributed by atoms with E-state index in [0.717, 1.165) is 9.26 Å². The van der Waals surface area contributed by atoms with Crippen molar-refractivity contribution in [3.05, 3.63) is 81.4 Å². The second-order valence-electron chi connectivity index (χ2n) is 4.94. The number of sulfone groups is 1. The summed E-state index contributed by atoms with van der Waals surface area (Å²) in [4.78, 5) is 4.76. The maximum absolute atomic E-state index is 12.5. The number of halogens is 1. The summed E-state index contributed by atoms with van der Waals surface area (Å²) in [7, 11) is -3.58. The Kier molecular flexibility index (Phi) is 6.33. The zero-order valence-corrected chi connectivity index (χ0v) is 16.0. The Morgan fingerprint density at radius 1 is 1.08 bits per heavy atom. The monoisotopic (exact) mass is 452 g/mol. The third-order valence-corrected chi connectivity index (χ3v) is 5.59. The molecule has 0 aliphatic rings. The van der Waals surface area contributed by atoms with Crippen LogP contribution in [0.15, 0.2) is 87.7 Å². The van der Waals surface area contributed by atoms with Crippen LogP contribution in [0.1, 0.15) is 6.92 Å². The molecule has 0 aliphatic heterocycles. The highest BCUT2D eigenvalue weighted by molar-refractivity contribution is 14.1. The van der Waals surface area contributed by atoms with Crippen LogP contribution in [0.5, 0.6) is 0 Å². The van der Waals surface area contributed by atoms with Gasteiger partial charge < -0.3 is 5.73 Å². The molecule has 0 radical (unpaired) electrons. The Morgan fingerprint density at radius 3 is 2.33 bits per heavy atom. The fraction of sp³-hybridized carbons (Fsp3) is 0.0556. The predicted octanol–water partition coefficient (Wildman–Crippen LogP) is 4.21. The van der Waals surface area contributed by atoms with Crippen LogP contribution in [0.2, 0.25) is 0 Å². The number of hydrogen-bond acceptors (Lipinski definition) is 4. The lowest BCUT2D eigenvalue weighted by molar-refractivity contribution is 0.604. The van der Waals surface area contributed by atoms with Crippen LogP contribution in [0.25, 0.3) is 0 Å². The molecule has 2 aromatic carbocycles. The number of nitrogens with two attached hydrogens (primary N) is 1. The van der Waals surface area contributed by atoms with Crippen molar-refractivity contribution in [1.29, 1.82) is 0 Å². The average molecular weight is 452 g/mol. The van der Waals surface area contributed by atoms with Gasteiger partial charge in [0.25, 0.3) is 0 Å². The van der Waals surface area contributed by atoms with Crippen LogP contribution in [0.3, 0.4) is 0 Å². The van der Waals surface area contributed by atoms with E-state index in [9.17, 15) is 8.42 Å². The van der Waals surface area contributed by atoms with E-state index in [4.69, 9.17) is 5.73 Å². The molecule has 0 aromatic heterocycles. The highest BCUT2D eigenvalue weighted by Crippen LogP contribution is 2.22. The van der Waals surface area contributed by atoms with Crippen molar-refractivity contribution in [3.8, 4) is 0 Å². The van der Waals surface area contributed by atoms with E-state index in [0.29, 0.717) is 11.3 Å². The van der Waals surface area contributed by atoms with Gasteiger partial charge >= 0.3 is 0 Å². The second kappa shape index (κ2) is 8.25. The highest BCUT2D eigenvalue weighted by atomic mass is 127. The lowest BCUT2D eigenvalue weighted by Gasteiger charge is -2.05. The summed E-state index contributed by atoms with van der Waals surface area (Å²) >= 11 is 2.19. The maximum Gasteiger partial charge on any atom is 0.200 e. The van der Waals surface area contributed by atoms with E-state index < -0.39 is 9.84 Å². The molecule has 24 heavy (non-hydrogen) atoms. The van der Waals surface area contributed by atoms with Gasteiger partial charge in [-0.3, -0.25) is 4.99 Å². The van der Waals surface area contributed by atoms with Crippen molar-refractivity contribution in [2.75, 3.05) is 0 Å². The second-order valence-corrected chi connectivity index (χ2v) is 7.90. The van der Waals surface area contributed by atoms with Gasteiger partial charge in [-0.25, -0.2) is 8.42 Å². The van der Waals surface area contributed by atoms with Gasteiger partial charge in [-0.1, -0.05) is 30.3 Å². The van der Waals surface area contributed by atoms with E-state index >= 15 is 0 Å². The molecule has 0 atom stereocenters. The van der Waals surface area contributed by atoms with Gasteiger partial charge in [0.1, 0.15) is 0 Å². The number of nitrogens with zero attached hydrogens (tertiary/aromatic N) is 1. The first-order chi connectivity index (χ1) is 11.4. The summed E-state index contributed by atoms with van der Waals surface area (Å²) in [6, 6.07) is 15.9. The molecule has 0 saturated heterocycles. The standard InChI is InChI=1S/C18H17IN2O2S/c1-14(21-18-10-6-5-9-17(18)19)15(11-12-20)13-24(22,23)16-7-3-2-4-8-16/h2-13H,20H2,1H3/b12-11-,15-13+,21-14?. The average Bonchev–Trinajstić information content (AvgIpc) is 2.57. The van der Waals surface area contributed by atoms with Gasteiger partial charge in [-0.2, -0.15) is 0 Å². The Morgan fingerprint density at radius 2 is 1.71 bits per heavy atom. The topological polar surface area (TPSA) is 72.5 Å². The zero-order valence-electron chi connectivity index (χ0n) is 13.1. The largest absolute Gasteiger partial charge is 0.405 e. The molecule has 2 aromatic rings. The van der Waals surface area contributed by atoms with Gasteiger partial charge in [0, 0.05) is 20.3 Å². The van der Waals surface area contributed by atoms with Crippen LogP contribution in [-0.4, -0.2) is 14.1 Å². The minimum Gasteiger partial charge on any atom is -0.405 e. The fourth-order valence-corrected chi connectivity index (χ4v) is 3.75. The van der Waals surface area contributed by atoms with E-state index in [1.807, 2.05) is 24.3 Å². The van der Waals surface area contributed by atoms with Crippen molar-refractivity contribution in [3.63, 3.8) is 0 Å². The van der Waals surface area contributed by atoms with Crippen LogP contribution < -0.4 is 5.73 Å². The first-order valence-corrected chi connectivity index (χ1v) is 9.77. The highest BCUT2D eigenvalue weighted by Gasteiger charge is 2.13. The van der Waals surface area contributed by atoms with Crippen molar-refractivity contribution in [2.45, 2.75) is 11.8 Å². The molecule has 0 heterocycles. The Hall–Kier alpha value is -1.93. The molecule has 2 N–H and O–H groups in total. The fourth-order valence-electron chi connectivity index (χ4n) is 1.98. The number of aliphatic imine (C=N–C) groups is 1. The summed E-state index contributed by atoms with van der Waals surface area (Å²) < 4.78 is 26.1. The van der Waals surface area contributed by atoms with Gasteiger partial charge in [0.2, 0.25) is 0 Å². The summed E-state index contributed by atoms with van der Waals surface area (Å²) in [5.41, 5.74) is 7.27. The maximum atomic E-state index is 12.5. The van der Waals surface area contributed by atoms with Crippen LogP contribution in [0.4, 0.5) is 5.69 Å². The molecule has 0 bridgehead atoms. The number of allylic oxidation sites excluding steroid dienone is 2. The van der Waals surface area contributed by atoms with Crippen LogP contribution >= 0.6 is 22.6 Å². The quantitative estimate of drug-likeness (QED) is 0.420. The molecule has 0 saturated carbocycles. The summed E-state index contributed by atoms with van der Waals surface area (Å²) in [5.74, 6) is 0. The van der Waals surface area contributed by atoms with Crippen molar-refractivity contribution in [1.82, 2.24) is 0 Å². The van der Waals surface area contributed by atoms with Crippen LogP contribution in [0, 0.1) is 3.57 Å². The van der Waals surface area contributed by atoms with Gasteiger partial charge in [0.05, 0.1) is 10.6 Å². The molecule has 0 amide bonds. The minimum atomic E-state index is -3.58. The van der Waals surface area contributed by atoms with E-state index in [-0.39, 0.29) is 4.90 Å². The number of rotatable bonds is 5. The van der Waals surface area contributed by atoms with Crippen LogP contribution in [-0.2, 0) is 9.84 Å². The molecular weight excluding hydrogens is 435 g/mol. The summed E-state index contributed by atoms with van der Waals surface area (Å²) in [5, 5.41) is 1.19. The number of para-hydroxylation sites is 1. The Labute approximate surface area is 155 Å². The van der Waals surface area contributed by atoms with Gasteiger partial charge in [-0.05, 0) is 66.1 Å². The molecular formula is C18H17IN2O2S. The van der Waals surface area contributed by atoms with Gasteiger partial charge in [0.15, 0.2) is 9.84 Å². The smallest absolute Gasteiger partial charge is 0.200 e. The van der Waals surface area contributed by atoms with E-state index in [2.05, 4.69) is 27.6 Å². The summed E-state index contributed by atoms with van der Waals surface area (Å²) in [6.07, 6.45) is 2.84. The Balaban J connectivity index is 2.48. The lowest BCUT2D eigenvalue weighted by Crippen LogP contribution is -2.03. The summed E-state index contributed by atoms with van der Waals surface area (Å²) in [6.45, 7) is 1.76. The van der Waals surface area contributed by atoms with E-state index in [1.165, 1.54) is 17.7 Å². The van der Waals surface area contributed by atoms with Crippen molar-refractivity contribution in [2.24, 2.45) is 10.7 Å². The molecule has 6 heteroatoms.